The fourth-order valence-corrected chi connectivity index (χ4v) is 4.67. The molecule has 0 aliphatic rings. The zero-order valence-corrected chi connectivity index (χ0v) is 18.4. The van der Waals surface area contributed by atoms with E-state index >= 15 is 0 Å². The lowest BCUT2D eigenvalue weighted by atomic mass is 10.2. The molecule has 0 bridgehead atoms. The summed E-state index contributed by atoms with van der Waals surface area (Å²) in [7, 11) is -2.45. The standard InChI is InChI=1S/C24H26N2O4S/c1-3-25-24(27)22-16-21(14-15-23(22)30-2)31(28,29)26(17-19-10-6-4-7-11-19)18-20-12-8-5-9-13-20/h4-16H,3,17-18H2,1-2H3,(H,25,27). The maximum absolute atomic E-state index is 13.6. The van der Waals surface area contributed by atoms with Crippen LogP contribution in [0.5, 0.6) is 5.75 Å². The van der Waals surface area contributed by atoms with Gasteiger partial charge in [-0.1, -0.05) is 60.7 Å². The third kappa shape index (κ3) is 5.51. The van der Waals surface area contributed by atoms with Gasteiger partial charge in [-0.2, -0.15) is 4.31 Å². The molecule has 0 heterocycles. The van der Waals surface area contributed by atoms with Gasteiger partial charge in [-0.05, 0) is 36.2 Å². The van der Waals surface area contributed by atoms with E-state index in [1.807, 2.05) is 60.7 Å². The molecule has 0 saturated carbocycles. The highest BCUT2D eigenvalue weighted by Crippen LogP contribution is 2.26. The second kappa shape index (κ2) is 10.2. The van der Waals surface area contributed by atoms with Crippen LogP contribution < -0.4 is 10.1 Å². The summed E-state index contributed by atoms with van der Waals surface area (Å²) in [6.45, 7) is 2.64. The summed E-state index contributed by atoms with van der Waals surface area (Å²) in [5, 5.41) is 2.70. The lowest BCUT2D eigenvalue weighted by Crippen LogP contribution is -2.31. The number of carbonyl (C=O) groups is 1. The van der Waals surface area contributed by atoms with E-state index in [2.05, 4.69) is 5.32 Å². The zero-order valence-electron chi connectivity index (χ0n) is 17.6. The number of ether oxygens (including phenoxy) is 1. The molecule has 0 atom stereocenters. The summed E-state index contributed by atoms with van der Waals surface area (Å²) in [4.78, 5) is 12.5. The molecule has 3 aromatic carbocycles. The summed E-state index contributed by atoms with van der Waals surface area (Å²) in [6, 6.07) is 23.2. The van der Waals surface area contributed by atoms with Crippen LogP contribution in [0.1, 0.15) is 28.4 Å². The number of carbonyl (C=O) groups excluding carboxylic acids is 1. The van der Waals surface area contributed by atoms with E-state index in [1.165, 1.54) is 29.6 Å². The summed E-state index contributed by atoms with van der Waals surface area (Å²) in [5.41, 5.74) is 1.93. The molecular formula is C24H26N2O4S. The monoisotopic (exact) mass is 438 g/mol. The van der Waals surface area contributed by atoms with Gasteiger partial charge < -0.3 is 10.1 Å². The molecule has 0 aliphatic carbocycles. The normalized spacial score (nSPS) is 11.3. The summed E-state index contributed by atoms with van der Waals surface area (Å²) < 4.78 is 33.9. The van der Waals surface area contributed by atoms with Gasteiger partial charge in [0.2, 0.25) is 10.0 Å². The van der Waals surface area contributed by atoms with Crippen LogP contribution in [0.2, 0.25) is 0 Å². The molecule has 0 fully saturated rings. The molecule has 0 aliphatic heterocycles. The van der Waals surface area contributed by atoms with Gasteiger partial charge in [0, 0.05) is 19.6 Å². The van der Waals surface area contributed by atoms with Crippen LogP contribution in [0.4, 0.5) is 0 Å². The maximum atomic E-state index is 13.6. The fourth-order valence-electron chi connectivity index (χ4n) is 3.23. The third-order valence-corrected chi connectivity index (χ3v) is 6.58. The number of hydrogen-bond acceptors (Lipinski definition) is 4. The Morgan fingerprint density at radius 3 is 1.94 bits per heavy atom. The van der Waals surface area contributed by atoms with Crippen molar-refractivity contribution in [3.05, 3.63) is 95.6 Å². The highest BCUT2D eigenvalue weighted by molar-refractivity contribution is 7.89. The molecule has 0 unspecified atom stereocenters. The molecule has 31 heavy (non-hydrogen) atoms. The van der Waals surface area contributed by atoms with Crippen molar-refractivity contribution in [2.45, 2.75) is 24.9 Å². The highest BCUT2D eigenvalue weighted by atomic mass is 32.2. The molecule has 162 valence electrons. The molecule has 0 aromatic heterocycles. The molecular weight excluding hydrogens is 412 g/mol. The van der Waals surface area contributed by atoms with Crippen molar-refractivity contribution in [1.29, 1.82) is 0 Å². The fraction of sp³-hybridized carbons (Fsp3) is 0.208. The van der Waals surface area contributed by atoms with E-state index in [4.69, 9.17) is 4.74 Å². The van der Waals surface area contributed by atoms with Gasteiger partial charge >= 0.3 is 0 Å². The van der Waals surface area contributed by atoms with Crippen molar-refractivity contribution in [3.8, 4) is 5.75 Å². The number of sulfonamides is 1. The second-order valence-electron chi connectivity index (χ2n) is 6.97. The molecule has 1 amide bonds. The van der Waals surface area contributed by atoms with E-state index in [0.29, 0.717) is 12.3 Å². The molecule has 7 heteroatoms. The van der Waals surface area contributed by atoms with Crippen LogP contribution in [0.15, 0.2) is 83.8 Å². The van der Waals surface area contributed by atoms with Crippen molar-refractivity contribution in [3.63, 3.8) is 0 Å². The lowest BCUT2D eigenvalue weighted by Gasteiger charge is -2.23. The van der Waals surface area contributed by atoms with Gasteiger partial charge in [-0.3, -0.25) is 4.79 Å². The Morgan fingerprint density at radius 2 is 1.45 bits per heavy atom. The predicted molar refractivity (Wildman–Crippen MR) is 120 cm³/mol. The first-order valence-electron chi connectivity index (χ1n) is 10.00. The molecule has 0 spiro atoms. The van der Waals surface area contributed by atoms with Crippen LogP contribution in [0, 0.1) is 0 Å². The molecule has 0 saturated heterocycles. The first-order chi connectivity index (χ1) is 15.0. The Hall–Kier alpha value is -3.16. The molecule has 6 nitrogen and oxygen atoms in total. The number of benzene rings is 3. The Morgan fingerprint density at radius 1 is 0.903 bits per heavy atom. The Labute approximate surface area is 183 Å². The third-order valence-electron chi connectivity index (χ3n) is 4.79. The number of amides is 1. The topological polar surface area (TPSA) is 75.7 Å². The first-order valence-corrected chi connectivity index (χ1v) is 11.4. The average molecular weight is 439 g/mol. The Kier molecular flexibility index (Phi) is 7.44. The number of nitrogens with zero attached hydrogens (tertiary/aromatic N) is 1. The largest absolute Gasteiger partial charge is 0.496 e. The highest BCUT2D eigenvalue weighted by Gasteiger charge is 2.27. The predicted octanol–water partition coefficient (Wildman–Crippen LogP) is 3.84. The summed E-state index contributed by atoms with van der Waals surface area (Å²) >= 11 is 0. The van der Waals surface area contributed by atoms with Gasteiger partial charge in [-0.15, -0.1) is 0 Å². The first kappa shape index (κ1) is 22.5. The minimum Gasteiger partial charge on any atom is -0.496 e. The number of rotatable bonds is 9. The SMILES string of the molecule is CCNC(=O)c1cc(S(=O)(=O)N(Cc2ccccc2)Cc2ccccc2)ccc1OC. The molecule has 0 radical (unpaired) electrons. The maximum Gasteiger partial charge on any atom is 0.255 e. The van der Waals surface area contributed by atoms with E-state index in [9.17, 15) is 13.2 Å². The van der Waals surface area contributed by atoms with E-state index in [-0.39, 0.29) is 29.5 Å². The number of nitrogens with one attached hydrogen (secondary N) is 1. The van der Waals surface area contributed by atoms with Gasteiger partial charge in [-0.25, -0.2) is 8.42 Å². The van der Waals surface area contributed by atoms with E-state index in [1.54, 1.807) is 6.92 Å². The summed E-state index contributed by atoms with van der Waals surface area (Å²) in [5.74, 6) is -0.0587. The Balaban J connectivity index is 2.02. The molecule has 3 rings (SSSR count). The minimum absolute atomic E-state index is 0.0430. The van der Waals surface area contributed by atoms with Crippen LogP contribution in [-0.2, 0) is 23.1 Å². The minimum atomic E-state index is -3.90. The quantitative estimate of drug-likeness (QED) is 0.551. The van der Waals surface area contributed by atoms with Gasteiger partial charge in [0.25, 0.3) is 5.91 Å². The lowest BCUT2D eigenvalue weighted by molar-refractivity contribution is 0.0952. The second-order valence-corrected chi connectivity index (χ2v) is 8.90. The van der Waals surface area contributed by atoms with Crippen molar-refractivity contribution < 1.29 is 17.9 Å². The smallest absolute Gasteiger partial charge is 0.255 e. The Bertz CT molecular complexity index is 1080. The van der Waals surface area contributed by atoms with Crippen LogP contribution in [0.3, 0.4) is 0 Å². The number of hydrogen-bond donors (Lipinski definition) is 1. The van der Waals surface area contributed by atoms with Gasteiger partial charge in [0.1, 0.15) is 5.75 Å². The van der Waals surface area contributed by atoms with Crippen LogP contribution in [-0.4, -0.2) is 32.3 Å². The number of methoxy groups -OCH3 is 1. The van der Waals surface area contributed by atoms with Crippen molar-refractivity contribution in [2.75, 3.05) is 13.7 Å². The van der Waals surface area contributed by atoms with E-state index < -0.39 is 10.0 Å². The van der Waals surface area contributed by atoms with Crippen molar-refractivity contribution in [2.24, 2.45) is 0 Å². The molecule has 1 N–H and O–H groups in total. The van der Waals surface area contributed by atoms with Crippen molar-refractivity contribution in [1.82, 2.24) is 9.62 Å². The van der Waals surface area contributed by atoms with Crippen molar-refractivity contribution >= 4 is 15.9 Å². The zero-order chi connectivity index (χ0) is 22.3. The van der Waals surface area contributed by atoms with Crippen LogP contribution in [0.25, 0.3) is 0 Å². The summed E-state index contributed by atoms with van der Waals surface area (Å²) in [6.07, 6.45) is 0. The van der Waals surface area contributed by atoms with Gasteiger partial charge in [0.15, 0.2) is 0 Å². The molecule has 3 aromatic rings. The van der Waals surface area contributed by atoms with Crippen LogP contribution >= 0.6 is 0 Å². The van der Waals surface area contributed by atoms with Gasteiger partial charge in [0.05, 0.1) is 17.6 Å². The van der Waals surface area contributed by atoms with E-state index in [0.717, 1.165) is 11.1 Å². The average Bonchev–Trinajstić information content (AvgIpc) is 2.79.